The van der Waals surface area contributed by atoms with Gasteiger partial charge in [-0.15, -0.1) is 0 Å². The van der Waals surface area contributed by atoms with E-state index in [1.54, 1.807) is 0 Å². The van der Waals surface area contributed by atoms with Gasteiger partial charge in [0, 0.05) is 12.1 Å². The van der Waals surface area contributed by atoms with Crippen molar-refractivity contribution in [2.45, 2.75) is 13.8 Å². The van der Waals surface area contributed by atoms with Crippen LogP contribution in [0.15, 0.2) is 18.2 Å². The second kappa shape index (κ2) is 3.05. The van der Waals surface area contributed by atoms with Gasteiger partial charge in [0.05, 0.1) is 14.1 Å². The zero-order valence-electron chi connectivity index (χ0n) is 7.73. The third-order valence-corrected chi connectivity index (χ3v) is 1.80. The third-order valence-electron chi connectivity index (χ3n) is 1.80. The molecular weight excluding hydrogens is 134 g/mol. The summed E-state index contributed by atoms with van der Waals surface area (Å²) in [6.07, 6.45) is 0. The molecule has 1 nitrogen and oxygen atoms in total. The Morgan fingerprint density at radius 3 is 1.73 bits per heavy atom. The van der Waals surface area contributed by atoms with Crippen LogP contribution < -0.4 is 4.90 Å². The van der Waals surface area contributed by atoms with Gasteiger partial charge in [-0.25, -0.2) is 0 Å². The van der Waals surface area contributed by atoms with Gasteiger partial charge < -0.3 is 4.90 Å². The lowest BCUT2D eigenvalue weighted by Crippen LogP contribution is -3.00. The van der Waals surface area contributed by atoms with Crippen LogP contribution in [0.1, 0.15) is 11.1 Å². The van der Waals surface area contributed by atoms with Crippen LogP contribution in [-0.4, -0.2) is 14.1 Å². The predicted molar refractivity (Wildman–Crippen MR) is 48.4 cm³/mol. The van der Waals surface area contributed by atoms with Crippen LogP contribution in [0.3, 0.4) is 0 Å². The van der Waals surface area contributed by atoms with E-state index in [9.17, 15) is 0 Å². The first-order chi connectivity index (χ1) is 5.09. The minimum atomic E-state index is 1.35. The second-order valence-corrected chi connectivity index (χ2v) is 3.38. The molecule has 1 aromatic carbocycles. The van der Waals surface area contributed by atoms with E-state index in [1.807, 2.05) is 0 Å². The maximum atomic E-state index is 2.22. The van der Waals surface area contributed by atoms with Crippen LogP contribution in [0, 0.1) is 13.8 Å². The Hall–Kier alpha value is -0.820. The molecule has 0 saturated heterocycles. The molecule has 0 heterocycles. The molecule has 0 spiro atoms. The third kappa shape index (κ3) is 2.05. The second-order valence-electron chi connectivity index (χ2n) is 3.38. The molecule has 0 amide bonds. The number of hydrogen-bond donors (Lipinski definition) is 1. The maximum absolute atomic E-state index is 2.22. The molecule has 0 bridgehead atoms. The molecule has 0 unspecified atom stereocenters. The standard InChI is InChI=1S/C10H15N/c1-8-5-9(2)7-10(6-8)11(3)4/h5-7H,1-4H3/p+1. The first-order valence-corrected chi connectivity index (χ1v) is 3.98. The highest BCUT2D eigenvalue weighted by Crippen LogP contribution is 2.08. The minimum absolute atomic E-state index is 1.35. The Kier molecular flexibility index (Phi) is 2.30. The predicted octanol–water partition coefficient (Wildman–Crippen LogP) is 1.08. The fourth-order valence-corrected chi connectivity index (χ4v) is 1.26. The molecule has 0 aliphatic heterocycles. The van der Waals surface area contributed by atoms with Gasteiger partial charge in [-0.3, -0.25) is 0 Å². The summed E-state index contributed by atoms with van der Waals surface area (Å²) in [4.78, 5) is 1.39. The van der Waals surface area contributed by atoms with Crippen LogP contribution >= 0.6 is 0 Å². The van der Waals surface area contributed by atoms with Gasteiger partial charge >= 0.3 is 0 Å². The van der Waals surface area contributed by atoms with Gasteiger partial charge in [-0.2, -0.15) is 0 Å². The smallest absolute Gasteiger partial charge is 0.131 e. The van der Waals surface area contributed by atoms with Crippen molar-refractivity contribution in [2.24, 2.45) is 0 Å². The molecule has 0 saturated carbocycles. The van der Waals surface area contributed by atoms with Gasteiger partial charge in [-0.1, -0.05) is 6.07 Å². The number of hydrogen-bond acceptors (Lipinski definition) is 0. The van der Waals surface area contributed by atoms with Crippen LogP contribution in [0.25, 0.3) is 0 Å². The summed E-state index contributed by atoms with van der Waals surface area (Å²) < 4.78 is 0. The average molecular weight is 150 g/mol. The molecule has 0 fully saturated rings. The first-order valence-electron chi connectivity index (χ1n) is 3.98. The normalized spacial score (nSPS) is 10.6. The largest absolute Gasteiger partial charge is 0.307 e. The molecular formula is C10H16N+. The molecule has 0 radical (unpaired) electrons. The number of nitrogens with one attached hydrogen (secondary N) is 1. The van der Waals surface area contributed by atoms with Crippen LogP contribution in [0.2, 0.25) is 0 Å². The van der Waals surface area contributed by atoms with E-state index in [0.29, 0.717) is 0 Å². The molecule has 0 aliphatic rings. The summed E-state index contributed by atoms with van der Waals surface area (Å²) in [5.74, 6) is 0. The molecule has 60 valence electrons. The molecule has 0 aromatic heterocycles. The fraction of sp³-hybridized carbons (Fsp3) is 0.400. The van der Waals surface area contributed by atoms with E-state index in [1.165, 1.54) is 21.7 Å². The molecule has 0 aliphatic carbocycles. The van der Waals surface area contributed by atoms with Crippen molar-refractivity contribution in [2.75, 3.05) is 14.1 Å². The van der Waals surface area contributed by atoms with Crippen LogP contribution in [-0.2, 0) is 0 Å². The Morgan fingerprint density at radius 2 is 1.36 bits per heavy atom. The summed E-state index contributed by atoms with van der Waals surface area (Å²) >= 11 is 0. The van der Waals surface area contributed by atoms with Crippen molar-refractivity contribution < 1.29 is 4.90 Å². The van der Waals surface area contributed by atoms with Crippen molar-refractivity contribution in [3.63, 3.8) is 0 Å². The summed E-state index contributed by atoms with van der Waals surface area (Å²) in [5.41, 5.74) is 4.06. The van der Waals surface area contributed by atoms with Crippen molar-refractivity contribution in [3.05, 3.63) is 29.3 Å². The van der Waals surface area contributed by atoms with Gasteiger partial charge in [0.15, 0.2) is 0 Å². The minimum Gasteiger partial charge on any atom is -0.307 e. The molecule has 11 heavy (non-hydrogen) atoms. The van der Waals surface area contributed by atoms with Gasteiger partial charge in [-0.05, 0) is 25.0 Å². The topological polar surface area (TPSA) is 4.44 Å². The van der Waals surface area contributed by atoms with E-state index in [4.69, 9.17) is 0 Å². The highest BCUT2D eigenvalue weighted by Gasteiger charge is 2.00. The highest BCUT2D eigenvalue weighted by molar-refractivity contribution is 5.37. The zero-order valence-corrected chi connectivity index (χ0v) is 7.73. The van der Waals surface area contributed by atoms with Gasteiger partial charge in [0.2, 0.25) is 0 Å². The monoisotopic (exact) mass is 150 g/mol. The van der Waals surface area contributed by atoms with E-state index in [0.717, 1.165) is 0 Å². The van der Waals surface area contributed by atoms with Crippen molar-refractivity contribution in [1.82, 2.24) is 0 Å². The Balaban J connectivity index is 3.08. The van der Waals surface area contributed by atoms with Crippen molar-refractivity contribution >= 4 is 5.69 Å². The number of benzene rings is 1. The van der Waals surface area contributed by atoms with E-state index < -0.39 is 0 Å². The van der Waals surface area contributed by atoms with E-state index in [-0.39, 0.29) is 0 Å². The molecule has 1 rings (SSSR count). The van der Waals surface area contributed by atoms with Gasteiger partial charge in [0.25, 0.3) is 0 Å². The summed E-state index contributed by atoms with van der Waals surface area (Å²) in [6.45, 7) is 4.28. The van der Waals surface area contributed by atoms with Gasteiger partial charge in [0.1, 0.15) is 5.69 Å². The maximum Gasteiger partial charge on any atom is 0.131 e. The number of quaternary nitrogens is 1. The lowest BCUT2D eigenvalue weighted by Gasteiger charge is -2.07. The number of aryl methyl sites for hydroxylation is 2. The molecule has 1 heteroatoms. The highest BCUT2D eigenvalue weighted by atomic mass is 15.1. The Morgan fingerprint density at radius 1 is 0.909 bits per heavy atom. The summed E-state index contributed by atoms with van der Waals surface area (Å²) in [7, 11) is 4.29. The lowest BCUT2D eigenvalue weighted by atomic mass is 10.1. The average Bonchev–Trinajstić information content (AvgIpc) is 1.85. The summed E-state index contributed by atoms with van der Waals surface area (Å²) in [5, 5.41) is 0. The Bertz CT molecular complexity index is 231. The quantitative estimate of drug-likeness (QED) is 0.611. The molecule has 1 N–H and O–H groups in total. The Labute approximate surface area is 68.7 Å². The van der Waals surface area contributed by atoms with E-state index >= 15 is 0 Å². The number of rotatable bonds is 1. The fourth-order valence-electron chi connectivity index (χ4n) is 1.26. The lowest BCUT2D eigenvalue weighted by molar-refractivity contribution is -0.786. The zero-order chi connectivity index (χ0) is 8.43. The van der Waals surface area contributed by atoms with Crippen LogP contribution in [0.4, 0.5) is 5.69 Å². The van der Waals surface area contributed by atoms with Crippen LogP contribution in [0.5, 0.6) is 0 Å². The summed E-state index contributed by atoms with van der Waals surface area (Å²) in [6, 6.07) is 6.65. The SMILES string of the molecule is Cc1cc(C)cc([NH+](C)C)c1. The van der Waals surface area contributed by atoms with Crippen molar-refractivity contribution in [1.29, 1.82) is 0 Å². The van der Waals surface area contributed by atoms with Crippen molar-refractivity contribution in [3.8, 4) is 0 Å². The first kappa shape index (κ1) is 8.28. The molecule has 0 atom stereocenters. The molecule has 1 aromatic rings. The van der Waals surface area contributed by atoms with E-state index in [2.05, 4.69) is 46.1 Å².